The van der Waals surface area contributed by atoms with E-state index in [4.69, 9.17) is 5.26 Å². The molecule has 2 rings (SSSR count). The smallest absolute Gasteiger partial charge is 0.296 e. The second-order valence-electron chi connectivity index (χ2n) is 4.02. The molecule has 0 aliphatic rings. The number of nitriles is 1. The van der Waals surface area contributed by atoms with Gasteiger partial charge in [-0.05, 0) is 42.1 Å². The van der Waals surface area contributed by atoms with Gasteiger partial charge in [0.25, 0.3) is 5.91 Å². The summed E-state index contributed by atoms with van der Waals surface area (Å²) in [5.41, 5.74) is 1.30. The number of benzene rings is 1. The highest BCUT2D eigenvalue weighted by Gasteiger charge is 1.97. The Morgan fingerprint density at radius 1 is 1.20 bits per heavy atom. The van der Waals surface area contributed by atoms with E-state index >= 15 is 0 Å². The van der Waals surface area contributed by atoms with Crippen LogP contribution >= 0.6 is 11.3 Å². The molecule has 3 nitrogen and oxygen atoms in total. The van der Waals surface area contributed by atoms with E-state index in [0.717, 1.165) is 12.0 Å². The number of amides is 1. The van der Waals surface area contributed by atoms with Crippen molar-refractivity contribution >= 4 is 17.2 Å². The minimum Gasteiger partial charge on any atom is -0.345 e. The minimum absolute atomic E-state index is 0.286. The quantitative estimate of drug-likeness (QED) is 0.877. The van der Waals surface area contributed by atoms with Crippen LogP contribution in [0.25, 0.3) is 0 Å². The number of hydrogen-bond donors (Lipinski definition) is 1. The Balaban J connectivity index is 1.82. The van der Waals surface area contributed by atoms with Crippen LogP contribution in [0.5, 0.6) is 0 Å². The van der Waals surface area contributed by atoms with E-state index in [2.05, 4.69) is 17.2 Å². The first-order valence-electron chi connectivity index (χ1n) is 6.10. The zero-order chi connectivity index (χ0) is 14.2. The summed E-state index contributed by atoms with van der Waals surface area (Å²) in [6.45, 7) is 0.585. The molecule has 1 heterocycles. The van der Waals surface area contributed by atoms with Crippen molar-refractivity contribution in [3.8, 4) is 17.9 Å². The van der Waals surface area contributed by atoms with E-state index in [9.17, 15) is 4.79 Å². The number of rotatable bonds is 3. The van der Waals surface area contributed by atoms with Gasteiger partial charge in [-0.25, -0.2) is 0 Å². The highest BCUT2D eigenvalue weighted by molar-refractivity contribution is 7.09. The van der Waals surface area contributed by atoms with Crippen LogP contribution in [0.2, 0.25) is 0 Å². The second kappa shape index (κ2) is 7.13. The highest BCUT2D eigenvalue weighted by Crippen LogP contribution is 2.07. The minimum atomic E-state index is -0.286. The molecule has 20 heavy (non-hydrogen) atoms. The average Bonchev–Trinajstić information content (AvgIpc) is 2.99. The molecule has 0 aliphatic heterocycles. The van der Waals surface area contributed by atoms with Gasteiger partial charge in [-0.3, -0.25) is 4.79 Å². The Hall–Kier alpha value is -2.56. The predicted octanol–water partition coefficient (Wildman–Crippen LogP) is 2.33. The molecule has 0 fully saturated rings. The summed E-state index contributed by atoms with van der Waals surface area (Å²) < 4.78 is 0. The maximum Gasteiger partial charge on any atom is 0.296 e. The highest BCUT2D eigenvalue weighted by atomic mass is 32.1. The van der Waals surface area contributed by atoms with E-state index < -0.39 is 0 Å². The molecule has 4 heteroatoms. The topological polar surface area (TPSA) is 52.9 Å². The summed E-state index contributed by atoms with van der Waals surface area (Å²) in [6, 6.07) is 12.9. The molecular weight excluding hydrogens is 268 g/mol. The van der Waals surface area contributed by atoms with Crippen LogP contribution in [0.4, 0.5) is 0 Å². The van der Waals surface area contributed by atoms with Gasteiger partial charge < -0.3 is 5.32 Å². The van der Waals surface area contributed by atoms with Crippen LogP contribution < -0.4 is 5.32 Å². The summed E-state index contributed by atoms with van der Waals surface area (Å²) in [7, 11) is 0. The lowest BCUT2D eigenvalue weighted by atomic mass is 10.1. The third kappa shape index (κ3) is 4.28. The van der Waals surface area contributed by atoms with Crippen molar-refractivity contribution in [3.63, 3.8) is 0 Å². The molecule has 2 aromatic rings. The SMILES string of the molecule is N#Cc1ccc(C#CC(=O)NCCc2cccs2)cc1. The normalized spacial score (nSPS) is 9.15. The molecule has 0 radical (unpaired) electrons. The Bertz CT molecular complexity index is 670. The first-order valence-corrected chi connectivity index (χ1v) is 6.98. The number of carbonyl (C=O) groups excluding carboxylic acids is 1. The first-order chi connectivity index (χ1) is 9.78. The third-order valence-corrected chi connectivity index (χ3v) is 3.51. The lowest BCUT2D eigenvalue weighted by Gasteiger charge is -1.98. The molecule has 0 bridgehead atoms. The van der Waals surface area contributed by atoms with Gasteiger partial charge in [0.15, 0.2) is 0 Å². The molecular formula is C16H12N2OS. The van der Waals surface area contributed by atoms with Gasteiger partial charge in [0.2, 0.25) is 0 Å². The van der Waals surface area contributed by atoms with Crippen LogP contribution in [-0.4, -0.2) is 12.5 Å². The second-order valence-corrected chi connectivity index (χ2v) is 5.06. The summed E-state index contributed by atoms with van der Waals surface area (Å²) in [5.74, 6) is 5.02. The third-order valence-electron chi connectivity index (χ3n) is 2.57. The number of thiophene rings is 1. The molecule has 1 aromatic carbocycles. The van der Waals surface area contributed by atoms with Crippen molar-refractivity contribution in [1.82, 2.24) is 5.32 Å². The summed E-state index contributed by atoms with van der Waals surface area (Å²) in [6.07, 6.45) is 0.821. The Labute approximate surface area is 121 Å². The first kappa shape index (κ1) is 13.9. The van der Waals surface area contributed by atoms with Crippen molar-refractivity contribution in [2.24, 2.45) is 0 Å². The summed E-state index contributed by atoms with van der Waals surface area (Å²) in [4.78, 5) is 12.8. The number of carbonyl (C=O) groups is 1. The molecule has 1 aromatic heterocycles. The van der Waals surface area contributed by atoms with Gasteiger partial charge in [0.05, 0.1) is 11.6 Å². The van der Waals surface area contributed by atoms with Crippen LogP contribution in [-0.2, 0) is 11.2 Å². The lowest BCUT2D eigenvalue weighted by Crippen LogP contribution is -2.23. The van der Waals surface area contributed by atoms with Crippen molar-refractivity contribution < 1.29 is 4.79 Å². The van der Waals surface area contributed by atoms with Crippen molar-refractivity contribution in [3.05, 3.63) is 57.8 Å². The molecule has 0 unspecified atom stereocenters. The maximum atomic E-state index is 11.5. The van der Waals surface area contributed by atoms with Gasteiger partial charge in [0, 0.05) is 22.9 Å². The van der Waals surface area contributed by atoms with Crippen LogP contribution in [0.3, 0.4) is 0 Å². The molecule has 0 spiro atoms. The monoisotopic (exact) mass is 280 g/mol. The van der Waals surface area contributed by atoms with E-state index in [1.807, 2.05) is 23.6 Å². The molecule has 1 amide bonds. The number of nitrogens with one attached hydrogen (secondary N) is 1. The zero-order valence-electron chi connectivity index (χ0n) is 10.7. The van der Waals surface area contributed by atoms with Crippen LogP contribution in [0.15, 0.2) is 41.8 Å². The molecule has 0 atom stereocenters. The van der Waals surface area contributed by atoms with Crippen LogP contribution in [0.1, 0.15) is 16.0 Å². The maximum absolute atomic E-state index is 11.5. The zero-order valence-corrected chi connectivity index (χ0v) is 11.5. The van der Waals surface area contributed by atoms with Gasteiger partial charge in [-0.1, -0.05) is 12.0 Å². The van der Waals surface area contributed by atoms with E-state index in [1.54, 1.807) is 35.6 Å². The fourth-order valence-electron chi connectivity index (χ4n) is 1.56. The largest absolute Gasteiger partial charge is 0.345 e. The summed E-state index contributed by atoms with van der Waals surface area (Å²) in [5, 5.41) is 13.4. The molecule has 1 N–H and O–H groups in total. The van der Waals surface area contributed by atoms with E-state index in [-0.39, 0.29) is 5.91 Å². The number of nitrogens with zero attached hydrogens (tertiary/aromatic N) is 1. The van der Waals surface area contributed by atoms with E-state index in [0.29, 0.717) is 12.1 Å². The molecule has 0 saturated carbocycles. The standard InChI is InChI=1S/C16H12N2OS/c17-12-14-5-3-13(4-6-14)7-8-16(19)18-10-9-15-2-1-11-20-15/h1-6,11H,9-10H2,(H,18,19). The van der Waals surface area contributed by atoms with E-state index in [1.165, 1.54) is 4.88 Å². The lowest BCUT2D eigenvalue weighted by molar-refractivity contribution is -0.115. The predicted molar refractivity (Wildman–Crippen MR) is 79.1 cm³/mol. The average molecular weight is 280 g/mol. The number of hydrogen-bond acceptors (Lipinski definition) is 3. The van der Waals surface area contributed by atoms with Gasteiger partial charge in [-0.2, -0.15) is 5.26 Å². The fourth-order valence-corrected chi connectivity index (χ4v) is 2.26. The van der Waals surface area contributed by atoms with Crippen LogP contribution in [0, 0.1) is 23.2 Å². The van der Waals surface area contributed by atoms with Crippen molar-refractivity contribution in [2.75, 3.05) is 6.54 Å². The molecule has 0 saturated heterocycles. The van der Waals surface area contributed by atoms with Crippen molar-refractivity contribution in [2.45, 2.75) is 6.42 Å². The van der Waals surface area contributed by atoms with Gasteiger partial charge in [-0.15, -0.1) is 11.3 Å². The molecule has 0 aliphatic carbocycles. The fraction of sp³-hybridized carbons (Fsp3) is 0.125. The summed E-state index contributed by atoms with van der Waals surface area (Å²) >= 11 is 1.67. The van der Waals surface area contributed by atoms with Gasteiger partial charge in [0.1, 0.15) is 0 Å². The Morgan fingerprint density at radius 3 is 2.60 bits per heavy atom. The van der Waals surface area contributed by atoms with Crippen molar-refractivity contribution in [1.29, 1.82) is 5.26 Å². The van der Waals surface area contributed by atoms with Gasteiger partial charge >= 0.3 is 0 Å². The molecule has 98 valence electrons. The Kier molecular flexibility index (Phi) is 4.94. The Morgan fingerprint density at radius 2 is 1.95 bits per heavy atom.